The van der Waals surface area contributed by atoms with Gasteiger partial charge in [-0.1, -0.05) is 13.0 Å². The van der Waals surface area contributed by atoms with Gasteiger partial charge in [0.2, 0.25) is 5.91 Å². The molecule has 0 saturated carbocycles. The second-order valence-electron chi connectivity index (χ2n) is 5.02. The minimum atomic E-state index is -0.272. The fourth-order valence-electron chi connectivity index (χ4n) is 2.02. The molecule has 2 aromatic carbocycles. The Hall–Kier alpha value is -3.13. The zero-order valence-electron chi connectivity index (χ0n) is 12.8. The van der Waals surface area contributed by atoms with Gasteiger partial charge in [0.25, 0.3) is 5.91 Å². The van der Waals surface area contributed by atoms with Crippen LogP contribution in [0.3, 0.4) is 0 Å². The maximum absolute atomic E-state index is 12.2. The second kappa shape index (κ2) is 7.76. The molecule has 0 aliphatic heterocycles. The van der Waals surface area contributed by atoms with Gasteiger partial charge in [0.1, 0.15) is 0 Å². The van der Waals surface area contributed by atoms with E-state index in [4.69, 9.17) is 5.26 Å². The Kier molecular flexibility index (Phi) is 5.48. The van der Waals surface area contributed by atoms with Crippen LogP contribution in [0.4, 0.5) is 11.4 Å². The zero-order valence-corrected chi connectivity index (χ0v) is 12.8. The quantitative estimate of drug-likeness (QED) is 0.886. The Labute approximate surface area is 134 Å². The van der Waals surface area contributed by atoms with E-state index in [1.807, 2.05) is 13.0 Å². The molecule has 0 saturated heterocycles. The van der Waals surface area contributed by atoms with Crippen molar-refractivity contribution in [2.75, 3.05) is 10.6 Å². The number of benzene rings is 2. The van der Waals surface area contributed by atoms with Crippen molar-refractivity contribution in [3.8, 4) is 6.07 Å². The summed E-state index contributed by atoms with van der Waals surface area (Å²) in [6, 6.07) is 15.4. The predicted molar refractivity (Wildman–Crippen MR) is 89.1 cm³/mol. The van der Waals surface area contributed by atoms with Crippen LogP contribution in [0.5, 0.6) is 0 Å². The number of amides is 2. The molecule has 0 aromatic heterocycles. The summed E-state index contributed by atoms with van der Waals surface area (Å²) in [5.74, 6) is -0.324. The van der Waals surface area contributed by atoms with Crippen LogP contribution < -0.4 is 10.6 Å². The highest BCUT2D eigenvalue weighted by atomic mass is 16.2. The van der Waals surface area contributed by atoms with E-state index in [1.54, 1.807) is 48.5 Å². The van der Waals surface area contributed by atoms with Crippen molar-refractivity contribution in [3.63, 3.8) is 0 Å². The molecule has 2 aromatic rings. The van der Waals surface area contributed by atoms with E-state index in [0.29, 0.717) is 28.9 Å². The minimum absolute atomic E-state index is 0.0527. The summed E-state index contributed by atoms with van der Waals surface area (Å²) in [6.45, 7) is 1.94. The molecule has 0 fully saturated rings. The van der Waals surface area contributed by atoms with Crippen molar-refractivity contribution in [2.45, 2.75) is 19.8 Å². The predicted octanol–water partition coefficient (Wildman–Crippen LogP) is 3.55. The number of carbonyl (C=O) groups is 2. The average Bonchev–Trinajstić information content (AvgIpc) is 2.55. The summed E-state index contributed by atoms with van der Waals surface area (Å²) in [7, 11) is 0. The van der Waals surface area contributed by atoms with Crippen LogP contribution in [0.15, 0.2) is 48.5 Å². The van der Waals surface area contributed by atoms with Gasteiger partial charge in [0.05, 0.1) is 11.6 Å². The van der Waals surface area contributed by atoms with Crippen LogP contribution in [-0.4, -0.2) is 11.8 Å². The summed E-state index contributed by atoms with van der Waals surface area (Å²) in [5.41, 5.74) is 2.20. The van der Waals surface area contributed by atoms with Crippen molar-refractivity contribution in [2.24, 2.45) is 0 Å². The number of nitrogens with zero attached hydrogens (tertiary/aromatic N) is 1. The van der Waals surface area contributed by atoms with Crippen LogP contribution >= 0.6 is 0 Å². The highest BCUT2D eigenvalue weighted by molar-refractivity contribution is 6.04. The van der Waals surface area contributed by atoms with Gasteiger partial charge in [-0.05, 0) is 48.9 Å². The van der Waals surface area contributed by atoms with Gasteiger partial charge >= 0.3 is 0 Å². The average molecular weight is 307 g/mol. The number of nitrogens with one attached hydrogen (secondary N) is 2. The van der Waals surface area contributed by atoms with Crippen molar-refractivity contribution >= 4 is 23.2 Å². The van der Waals surface area contributed by atoms with E-state index in [1.165, 1.54) is 0 Å². The molecule has 2 amide bonds. The Morgan fingerprint density at radius 3 is 2.30 bits per heavy atom. The number of hydrogen-bond acceptors (Lipinski definition) is 3. The number of hydrogen-bond donors (Lipinski definition) is 2. The molecule has 0 spiro atoms. The van der Waals surface area contributed by atoms with Crippen molar-refractivity contribution < 1.29 is 9.59 Å². The standard InChI is InChI=1S/C18H17N3O2/c1-2-4-17(22)20-15-5-3-6-16(11-15)21-18(23)14-9-7-13(12-19)8-10-14/h3,5-11H,2,4H2,1H3,(H,20,22)(H,21,23). The third kappa shape index (κ3) is 4.68. The van der Waals surface area contributed by atoms with Gasteiger partial charge in [-0.3, -0.25) is 9.59 Å². The van der Waals surface area contributed by atoms with E-state index >= 15 is 0 Å². The lowest BCUT2D eigenvalue weighted by atomic mass is 10.1. The largest absolute Gasteiger partial charge is 0.326 e. The van der Waals surface area contributed by atoms with Crippen molar-refractivity contribution in [3.05, 3.63) is 59.7 Å². The molecule has 0 bridgehead atoms. The molecule has 5 nitrogen and oxygen atoms in total. The summed E-state index contributed by atoms with van der Waals surface area (Å²) in [5, 5.41) is 14.3. The Balaban J connectivity index is 2.05. The van der Waals surface area contributed by atoms with E-state index in [0.717, 1.165) is 6.42 Å². The maximum Gasteiger partial charge on any atom is 0.255 e. The van der Waals surface area contributed by atoms with E-state index in [-0.39, 0.29) is 11.8 Å². The summed E-state index contributed by atoms with van der Waals surface area (Å²) < 4.78 is 0. The molecule has 2 N–H and O–H groups in total. The van der Waals surface area contributed by atoms with Gasteiger partial charge < -0.3 is 10.6 Å². The van der Waals surface area contributed by atoms with Gasteiger partial charge in [-0.25, -0.2) is 0 Å². The van der Waals surface area contributed by atoms with Crippen LogP contribution in [-0.2, 0) is 4.79 Å². The lowest BCUT2D eigenvalue weighted by Gasteiger charge is -2.09. The van der Waals surface area contributed by atoms with Crippen molar-refractivity contribution in [1.29, 1.82) is 5.26 Å². The molecule has 0 unspecified atom stereocenters. The van der Waals surface area contributed by atoms with E-state index in [2.05, 4.69) is 10.6 Å². The van der Waals surface area contributed by atoms with E-state index < -0.39 is 0 Å². The molecule has 0 heterocycles. The second-order valence-corrected chi connectivity index (χ2v) is 5.02. The lowest BCUT2D eigenvalue weighted by Crippen LogP contribution is -2.13. The lowest BCUT2D eigenvalue weighted by molar-refractivity contribution is -0.116. The molecule has 0 aliphatic carbocycles. The number of nitriles is 1. The third-order valence-electron chi connectivity index (χ3n) is 3.16. The molecule has 5 heteroatoms. The maximum atomic E-state index is 12.2. The smallest absolute Gasteiger partial charge is 0.255 e. The normalized spacial score (nSPS) is 9.74. The number of rotatable bonds is 5. The van der Waals surface area contributed by atoms with Gasteiger partial charge in [0.15, 0.2) is 0 Å². The van der Waals surface area contributed by atoms with Crippen LogP contribution in [0, 0.1) is 11.3 Å². The Morgan fingerprint density at radius 1 is 1.04 bits per heavy atom. The van der Waals surface area contributed by atoms with Crippen LogP contribution in [0.1, 0.15) is 35.7 Å². The zero-order chi connectivity index (χ0) is 16.7. The van der Waals surface area contributed by atoms with Gasteiger partial charge in [-0.2, -0.15) is 5.26 Å². The first-order valence-corrected chi connectivity index (χ1v) is 7.34. The molecular weight excluding hydrogens is 290 g/mol. The highest BCUT2D eigenvalue weighted by Gasteiger charge is 2.07. The monoisotopic (exact) mass is 307 g/mol. The molecule has 0 atom stereocenters. The molecular formula is C18H17N3O2. The Morgan fingerprint density at radius 2 is 1.70 bits per heavy atom. The molecule has 2 rings (SSSR count). The summed E-state index contributed by atoms with van der Waals surface area (Å²) in [4.78, 5) is 23.8. The first-order valence-electron chi connectivity index (χ1n) is 7.34. The molecule has 23 heavy (non-hydrogen) atoms. The minimum Gasteiger partial charge on any atom is -0.326 e. The first-order chi connectivity index (χ1) is 11.1. The van der Waals surface area contributed by atoms with E-state index in [9.17, 15) is 9.59 Å². The topological polar surface area (TPSA) is 82.0 Å². The highest BCUT2D eigenvalue weighted by Crippen LogP contribution is 2.16. The van der Waals surface area contributed by atoms with Crippen LogP contribution in [0.2, 0.25) is 0 Å². The molecule has 0 radical (unpaired) electrons. The van der Waals surface area contributed by atoms with Gasteiger partial charge in [-0.15, -0.1) is 0 Å². The summed E-state index contributed by atoms with van der Waals surface area (Å²) in [6.07, 6.45) is 1.24. The molecule has 0 aliphatic rings. The summed E-state index contributed by atoms with van der Waals surface area (Å²) >= 11 is 0. The Bertz CT molecular complexity index is 746. The fourth-order valence-corrected chi connectivity index (χ4v) is 2.02. The number of carbonyl (C=O) groups excluding carboxylic acids is 2. The van der Waals surface area contributed by atoms with Crippen LogP contribution in [0.25, 0.3) is 0 Å². The third-order valence-corrected chi connectivity index (χ3v) is 3.16. The molecule has 116 valence electrons. The first kappa shape index (κ1) is 16.2. The number of anilines is 2. The fraction of sp³-hybridized carbons (Fsp3) is 0.167. The SMILES string of the molecule is CCCC(=O)Nc1cccc(NC(=O)c2ccc(C#N)cc2)c1. The van der Waals surface area contributed by atoms with Gasteiger partial charge in [0, 0.05) is 23.4 Å². The van der Waals surface area contributed by atoms with Crippen molar-refractivity contribution in [1.82, 2.24) is 0 Å².